The molecule has 0 unspecified atom stereocenters. The Balaban J connectivity index is 2.50. The summed E-state index contributed by atoms with van der Waals surface area (Å²) in [7, 11) is 1.88. The second-order valence-corrected chi connectivity index (χ2v) is 5.24. The fraction of sp³-hybridized carbons (Fsp3) is 0.333. The molecule has 2 aromatic heterocycles. The second-order valence-electron chi connectivity index (χ2n) is 3.67. The van der Waals surface area contributed by atoms with Crippen LogP contribution in [0.5, 0.6) is 0 Å². The van der Waals surface area contributed by atoms with Gasteiger partial charge in [0.25, 0.3) is 0 Å². The monoisotopic (exact) mass is 311 g/mol. The van der Waals surface area contributed by atoms with Crippen LogP contribution in [-0.4, -0.2) is 17.0 Å². The van der Waals surface area contributed by atoms with Crippen LogP contribution >= 0.6 is 27.3 Å². The van der Waals surface area contributed by atoms with Crippen molar-refractivity contribution in [2.75, 3.05) is 12.4 Å². The van der Waals surface area contributed by atoms with E-state index in [2.05, 4.69) is 43.5 Å². The quantitative estimate of drug-likeness (QED) is 0.928. The van der Waals surface area contributed by atoms with Crippen LogP contribution in [0.15, 0.2) is 21.3 Å². The summed E-state index contributed by atoms with van der Waals surface area (Å²) in [5.74, 6) is 1.65. The van der Waals surface area contributed by atoms with Crippen LogP contribution in [0.25, 0.3) is 11.4 Å². The van der Waals surface area contributed by atoms with Crippen molar-refractivity contribution in [1.29, 1.82) is 0 Å². The molecule has 17 heavy (non-hydrogen) atoms. The zero-order chi connectivity index (χ0) is 12.3. The number of halogens is 1. The van der Waals surface area contributed by atoms with E-state index in [9.17, 15) is 0 Å². The van der Waals surface area contributed by atoms with Gasteiger partial charge in [0.15, 0.2) is 5.82 Å². The third-order valence-corrected chi connectivity index (χ3v) is 3.94. The van der Waals surface area contributed by atoms with Crippen molar-refractivity contribution >= 4 is 33.1 Å². The summed E-state index contributed by atoms with van der Waals surface area (Å²) in [5.41, 5.74) is 2.14. The number of aromatic nitrogens is 2. The molecule has 0 saturated carbocycles. The van der Waals surface area contributed by atoms with Crippen molar-refractivity contribution < 1.29 is 0 Å². The Kier molecular flexibility index (Phi) is 4.12. The molecule has 0 atom stereocenters. The van der Waals surface area contributed by atoms with Crippen molar-refractivity contribution in [3.05, 3.63) is 27.0 Å². The zero-order valence-corrected chi connectivity index (χ0v) is 12.2. The molecule has 0 aromatic carbocycles. The van der Waals surface area contributed by atoms with E-state index in [0.717, 1.165) is 40.2 Å². The number of nitrogens with one attached hydrogen (secondary N) is 1. The first-order chi connectivity index (χ1) is 8.26. The van der Waals surface area contributed by atoms with Gasteiger partial charge in [-0.05, 0) is 33.8 Å². The van der Waals surface area contributed by atoms with E-state index >= 15 is 0 Å². The number of aryl methyl sites for hydroxylation is 1. The van der Waals surface area contributed by atoms with Gasteiger partial charge in [0.1, 0.15) is 5.82 Å². The minimum atomic E-state index is 0.794. The summed E-state index contributed by atoms with van der Waals surface area (Å²) >= 11 is 5.21. The Morgan fingerprint density at radius 1 is 1.41 bits per heavy atom. The summed E-state index contributed by atoms with van der Waals surface area (Å²) in [4.78, 5) is 9.14. The molecule has 0 spiro atoms. The molecule has 2 rings (SSSR count). The topological polar surface area (TPSA) is 37.8 Å². The van der Waals surface area contributed by atoms with Gasteiger partial charge in [0.2, 0.25) is 0 Å². The number of thiophene rings is 1. The number of hydrogen-bond acceptors (Lipinski definition) is 4. The Morgan fingerprint density at radius 2 is 2.24 bits per heavy atom. The number of rotatable bonds is 4. The number of nitrogens with zero attached hydrogens (tertiary/aromatic N) is 2. The highest BCUT2D eigenvalue weighted by atomic mass is 79.9. The summed E-state index contributed by atoms with van der Waals surface area (Å²) in [6.07, 6.45) is 2.02. The van der Waals surface area contributed by atoms with E-state index in [1.54, 1.807) is 11.3 Å². The number of anilines is 1. The highest BCUT2D eigenvalue weighted by Gasteiger charge is 2.12. The maximum Gasteiger partial charge on any atom is 0.162 e. The van der Waals surface area contributed by atoms with Gasteiger partial charge in [-0.25, -0.2) is 9.97 Å². The fourth-order valence-corrected chi connectivity index (χ4v) is 2.79. The van der Waals surface area contributed by atoms with E-state index in [0.29, 0.717) is 0 Å². The molecular formula is C12H14BrN3S. The first-order valence-corrected chi connectivity index (χ1v) is 7.26. The highest BCUT2D eigenvalue weighted by molar-refractivity contribution is 9.10. The Labute approximate surface area is 113 Å². The smallest absolute Gasteiger partial charge is 0.162 e. The first-order valence-electron chi connectivity index (χ1n) is 5.53. The van der Waals surface area contributed by atoms with Crippen molar-refractivity contribution in [3.8, 4) is 11.4 Å². The maximum atomic E-state index is 4.62. The predicted octanol–water partition coefficient (Wildman–Crippen LogP) is 3.96. The van der Waals surface area contributed by atoms with Crippen molar-refractivity contribution in [2.24, 2.45) is 0 Å². The highest BCUT2D eigenvalue weighted by Crippen LogP contribution is 2.28. The van der Waals surface area contributed by atoms with Gasteiger partial charge in [0, 0.05) is 18.0 Å². The molecule has 2 aromatic rings. The Hall–Kier alpha value is -0.940. The van der Waals surface area contributed by atoms with Gasteiger partial charge in [-0.15, -0.1) is 0 Å². The normalized spacial score (nSPS) is 10.5. The predicted molar refractivity (Wildman–Crippen MR) is 76.6 cm³/mol. The molecule has 5 heteroatoms. The standard InChI is InChI=1S/C12H14BrN3S/c1-3-4-9-10(13)12(14-2)16-11(15-9)8-5-6-17-7-8/h5-7H,3-4H2,1-2H3,(H,14,15,16). The molecule has 0 bridgehead atoms. The van der Waals surface area contributed by atoms with Gasteiger partial charge in [-0.1, -0.05) is 13.3 Å². The molecule has 0 amide bonds. The van der Waals surface area contributed by atoms with E-state index < -0.39 is 0 Å². The van der Waals surface area contributed by atoms with Crippen molar-refractivity contribution in [3.63, 3.8) is 0 Å². The van der Waals surface area contributed by atoms with Crippen LogP contribution in [0, 0.1) is 0 Å². The molecule has 0 aliphatic rings. The van der Waals surface area contributed by atoms with E-state index in [4.69, 9.17) is 0 Å². The molecule has 0 saturated heterocycles. The second kappa shape index (κ2) is 5.60. The summed E-state index contributed by atoms with van der Waals surface area (Å²) in [6, 6.07) is 2.04. The third-order valence-electron chi connectivity index (χ3n) is 2.42. The third kappa shape index (κ3) is 2.66. The van der Waals surface area contributed by atoms with Gasteiger partial charge >= 0.3 is 0 Å². The fourth-order valence-electron chi connectivity index (χ4n) is 1.58. The summed E-state index contributed by atoms with van der Waals surface area (Å²) in [5, 5.41) is 7.21. The SMILES string of the molecule is CCCc1nc(-c2ccsc2)nc(NC)c1Br. The average molecular weight is 312 g/mol. The average Bonchev–Trinajstić information content (AvgIpc) is 2.85. The molecule has 0 aliphatic heterocycles. The molecule has 90 valence electrons. The van der Waals surface area contributed by atoms with Crippen molar-refractivity contribution in [1.82, 2.24) is 9.97 Å². The van der Waals surface area contributed by atoms with E-state index in [-0.39, 0.29) is 0 Å². The van der Waals surface area contributed by atoms with Crippen LogP contribution < -0.4 is 5.32 Å². The number of hydrogen-bond donors (Lipinski definition) is 1. The largest absolute Gasteiger partial charge is 0.372 e. The minimum absolute atomic E-state index is 0.794. The van der Waals surface area contributed by atoms with Gasteiger partial charge in [-0.2, -0.15) is 11.3 Å². The summed E-state index contributed by atoms with van der Waals surface area (Å²) in [6.45, 7) is 2.15. The lowest BCUT2D eigenvalue weighted by Gasteiger charge is -2.09. The van der Waals surface area contributed by atoms with E-state index in [1.807, 2.05) is 18.5 Å². The van der Waals surface area contributed by atoms with Crippen LogP contribution in [0.2, 0.25) is 0 Å². The molecule has 0 radical (unpaired) electrons. The Bertz CT molecular complexity index is 497. The molecule has 0 aliphatic carbocycles. The lowest BCUT2D eigenvalue weighted by atomic mass is 10.2. The summed E-state index contributed by atoms with van der Waals surface area (Å²) < 4.78 is 0.973. The molecule has 1 N–H and O–H groups in total. The lowest BCUT2D eigenvalue weighted by molar-refractivity contribution is 0.869. The van der Waals surface area contributed by atoms with Gasteiger partial charge in [-0.3, -0.25) is 0 Å². The zero-order valence-electron chi connectivity index (χ0n) is 9.83. The van der Waals surface area contributed by atoms with Crippen LogP contribution in [0.1, 0.15) is 19.0 Å². The van der Waals surface area contributed by atoms with E-state index in [1.165, 1.54) is 0 Å². The lowest BCUT2D eigenvalue weighted by Crippen LogP contribution is -2.02. The molecular weight excluding hydrogens is 298 g/mol. The van der Waals surface area contributed by atoms with Crippen LogP contribution in [0.3, 0.4) is 0 Å². The van der Waals surface area contributed by atoms with Crippen LogP contribution in [-0.2, 0) is 6.42 Å². The van der Waals surface area contributed by atoms with Gasteiger partial charge < -0.3 is 5.32 Å². The maximum absolute atomic E-state index is 4.62. The first kappa shape index (κ1) is 12.5. The molecule has 2 heterocycles. The Morgan fingerprint density at radius 3 is 2.82 bits per heavy atom. The van der Waals surface area contributed by atoms with Crippen LogP contribution in [0.4, 0.5) is 5.82 Å². The van der Waals surface area contributed by atoms with Gasteiger partial charge in [0.05, 0.1) is 10.2 Å². The van der Waals surface area contributed by atoms with Crippen molar-refractivity contribution in [2.45, 2.75) is 19.8 Å². The molecule has 3 nitrogen and oxygen atoms in total. The molecule has 0 fully saturated rings. The minimum Gasteiger partial charge on any atom is -0.372 e.